The summed E-state index contributed by atoms with van der Waals surface area (Å²) in [4.78, 5) is 19.4. The summed E-state index contributed by atoms with van der Waals surface area (Å²) in [6.45, 7) is 1.86. The highest BCUT2D eigenvalue weighted by atomic mass is 16.5. The molecule has 0 spiro atoms. The van der Waals surface area contributed by atoms with Crippen LogP contribution in [0.25, 0.3) is 10.9 Å². The van der Waals surface area contributed by atoms with Crippen molar-refractivity contribution in [2.75, 3.05) is 13.1 Å². The number of carbonyl (C=O) groups is 1. The van der Waals surface area contributed by atoms with Gasteiger partial charge in [-0.05, 0) is 42.7 Å². The average Bonchev–Trinajstić information content (AvgIpc) is 3.09. The van der Waals surface area contributed by atoms with Crippen LogP contribution in [0.3, 0.4) is 0 Å². The van der Waals surface area contributed by atoms with Crippen LogP contribution in [0.15, 0.2) is 60.7 Å². The van der Waals surface area contributed by atoms with Crippen LogP contribution in [-0.4, -0.2) is 41.1 Å². The summed E-state index contributed by atoms with van der Waals surface area (Å²) >= 11 is 0. The molecule has 0 aliphatic carbocycles. The number of carbonyl (C=O) groups excluding carboxylic acids is 1. The quantitative estimate of drug-likeness (QED) is 0.697. The predicted molar refractivity (Wildman–Crippen MR) is 106 cm³/mol. The van der Waals surface area contributed by atoms with E-state index in [1.54, 1.807) is 0 Å². The van der Waals surface area contributed by atoms with Crippen LogP contribution in [0.2, 0.25) is 0 Å². The van der Waals surface area contributed by atoms with Gasteiger partial charge in [0.15, 0.2) is 0 Å². The van der Waals surface area contributed by atoms with E-state index in [1.165, 1.54) is 0 Å². The maximum Gasteiger partial charge on any atom is 0.272 e. The number of hydrogen-bond acceptors (Lipinski definition) is 4. The normalized spacial score (nSPS) is 21.1. The Morgan fingerprint density at radius 1 is 1.04 bits per heavy atom. The number of aromatic nitrogens is 1. The van der Waals surface area contributed by atoms with Gasteiger partial charge in [0.25, 0.3) is 5.91 Å². The van der Waals surface area contributed by atoms with E-state index in [0.29, 0.717) is 25.4 Å². The van der Waals surface area contributed by atoms with Crippen LogP contribution in [0, 0.1) is 0 Å². The molecule has 5 nitrogen and oxygen atoms in total. The number of fused-ring (bicyclic) bond motifs is 3. The summed E-state index contributed by atoms with van der Waals surface area (Å²) < 4.78 is 11.7. The number of amides is 1. The molecule has 2 aromatic carbocycles. The largest absolute Gasteiger partial charge is 0.489 e. The van der Waals surface area contributed by atoms with E-state index in [0.717, 1.165) is 35.1 Å². The van der Waals surface area contributed by atoms with Gasteiger partial charge in [0.05, 0.1) is 17.7 Å². The fourth-order valence-electron chi connectivity index (χ4n) is 4.00. The summed E-state index contributed by atoms with van der Waals surface area (Å²) in [5, 5.41) is 0.962. The van der Waals surface area contributed by atoms with Crippen molar-refractivity contribution >= 4 is 16.8 Å². The lowest BCUT2D eigenvalue weighted by Gasteiger charge is -2.31. The second-order valence-corrected chi connectivity index (χ2v) is 7.49. The highest BCUT2D eigenvalue weighted by Gasteiger charge is 2.36. The Morgan fingerprint density at radius 2 is 1.82 bits per heavy atom. The zero-order chi connectivity index (χ0) is 18.9. The van der Waals surface area contributed by atoms with Crippen molar-refractivity contribution < 1.29 is 14.3 Å². The third kappa shape index (κ3) is 3.45. The van der Waals surface area contributed by atoms with Crippen LogP contribution >= 0.6 is 0 Å². The summed E-state index contributed by atoms with van der Waals surface area (Å²) in [7, 11) is 0. The fraction of sp³-hybridized carbons (Fsp3) is 0.304. The Kier molecular flexibility index (Phi) is 4.45. The molecule has 1 amide bonds. The van der Waals surface area contributed by atoms with E-state index in [-0.39, 0.29) is 18.1 Å². The first-order valence-electron chi connectivity index (χ1n) is 9.77. The molecule has 3 aromatic rings. The Labute approximate surface area is 163 Å². The summed E-state index contributed by atoms with van der Waals surface area (Å²) in [6, 6.07) is 19.6. The predicted octanol–water partition coefficient (Wildman–Crippen LogP) is 3.82. The van der Waals surface area contributed by atoms with E-state index >= 15 is 0 Å². The van der Waals surface area contributed by atoms with Gasteiger partial charge in [0.1, 0.15) is 18.1 Å². The molecule has 2 atom stereocenters. The van der Waals surface area contributed by atoms with Gasteiger partial charge in [-0.15, -0.1) is 0 Å². The highest BCUT2D eigenvalue weighted by Crippen LogP contribution is 2.27. The zero-order valence-electron chi connectivity index (χ0n) is 15.6. The van der Waals surface area contributed by atoms with Gasteiger partial charge >= 0.3 is 0 Å². The lowest BCUT2D eigenvalue weighted by Crippen LogP contribution is -2.46. The lowest BCUT2D eigenvalue weighted by atomic mass is 10.1. The van der Waals surface area contributed by atoms with Crippen molar-refractivity contribution in [2.24, 2.45) is 0 Å². The number of rotatable bonds is 4. The van der Waals surface area contributed by atoms with Crippen molar-refractivity contribution in [3.63, 3.8) is 0 Å². The maximum atomic E-state index is 12.9. The van der Waals surface area contributed by atoms with Gasteiger partial charge in [0, 0.05) is 18.5 Å². The van der Waals surface area contributed by atoms with E-state index < -0.39 is 0 Å². The molecule has 2 fully saturated rings. The summed E-state index contributed by atoms with van der Waals surface area (Å²) in [5.41, 5.74) is 2.42. The number of benzene rings is 2. The first-order chi connectivity index (χ1) is 13.7. The van der Waals surface area contributed by atoms with Crippen molar-refractivity contribution in [3.05, 3.63) is 71.9 Å². The minimum absolute atomic E-state index is 0.00787. The van der Waals surface area contributed by atoms with Gasteiger partial charge in [-0.25, -0.2) is 4.98 Å². The molecule has 142 valence electrons. The Hall–Kier alpha value is -2.92. The minimum atomic E-state index is -0.00787. The number of pyridine rings is 1. The van der Waals surface area contributed by atoms with E-state index in [9.17, 15) is 4.79 Å². The van der Waals surface area contributed by atoms with Crippen molar-refractivity contribution in [3.8, 4) is 5.75 Å². The van der Waals surface area contributed by atoms with Gasteiger partial charge < -0.3 is 14.4 Å². The van der Waals surface area contributed by atoms with Crippen LogP contribution < -0.4 is 4.74 Å². The monoisotopic (exact) mass is 374 g/mol. The molecular weight excluding hydrogens is 352 g/mol. The molecule has 1 aromatic heterocycles. The number of morpholine rings is 1. The molecule has 0 radical (unpaired) electrons. The van der Waals surface area contributed by atoms with Gasteiger partial charge in [-0.2, -0.15) is 0 Å². The van der Waals surface area contributed by atoms with Gasteiger partial charge in [-0.1, -0.05) is 36.4 Å². The van der Waals surface area contributed by atoms with E-state index in [2.05, 4.69) is 4.98 Å². The van der Waals surface area contributed by atoms with Gasteiger partial charge in [0.2, 0.25) is 0 Å². The molecule has 0 N–H and O–H groups in total. The second kappa shape index (κ2) is 7.24. The molecular formula is C23H22N2O3. The molecule has 2 saturated heterocycles. The SMILES string of the molecule is O=C(c1ccc2cc(OCc3ccccc3)ccc2n1)N1CC2CCC(C1)O2. The van der Waals surface area contributed by atoms with Gasteiger partial charge in [-0.3, -0.25) is 4.79 Å². The lowest BCUT2D eigenvalue weighted by molar-refractivity contribution is -0.0305. The van der Waals surface area contributed by atoms with Crippen molar-refractivity contribution in [2.45, 2.75) is 31.7 Å². The van der Waals surface area contributed by atoms with Crippen molar-refractivity contribution in [1.29, 1.82) is 0 Å². The zero-order valence-corrected chi connectivity index (χ0v) is 15.6. The smallest absolute Gasteiger partial charge is 0.272 e. The fourth-order valence-corrected chi connectivity index (χ4v) is 4.00. The average molecular weight is 374 g/mol. The summed E-state index contributed by atoms with van der Waals surface area (Å²) in [5.74, 6) is 0.786. The number of ether oxygens (including phenoxy) is 2. The number of hydrogen-bond donors (Lipinski definition) is 0. The van der Waals surface area contributed by atoms with Crippen molar-refractivity contribution in [1.82, 2.24) is 9.88 Å². The Bertz CT molecular complexity index is 993. The first kappa shape index (κ1) is 17.2. The molecule has 2 aliphatic heterocycles. The number of likely N-dealkylation sites (tertiary alicyclic amines) is 1. The molecule has 2 bridgehead atoms. The molecule has 0 saturated carbocycles. The third-order valence-electron chi connectivity index (χ3n) is 5.46. The number of nitrogens with zero attached hydrogens (tertiary/aromatic N) is 2. The molecule has 2 aliphatic rings. The Balaban J connectivity index is 1.31. The molecule has 3 heterocycles. The highest BCUT2D eigenvalue weighted by molar-refractivity contribution is 5.95. The third-order valence-corrected chi connectivity index (χ3v) is 5.46. The molecule has 5 heteroatoms. The van der Waals surface area contributed by atoms with Crippen LogP contribution in [0.1, 0.15) is 28.9 Å². The van der Waals surface area contributed by atoms with E-state index in [4.69, 9.17) is 9.47 Å². The molecule has 5 rings (SSSR count). The first-order valence-corrected chi connectivity index (χ1v) is 9.77. The summed E-state index contributed by atoms with van der Waals surface area (Å²) in [6.07, 6.45) is 2.47. The molecule has 28 heavy (non-hydrogen) atoms. The standard InChI is InChI=1S/C23H22N2O3/c26-23(25-13-19-7-8-20(14-25)28-19)22-10-6-17-12-18(9-11-21(17)24-22)27-15-16-4-2-1-3-5-16/h1-6,9-12,19-20H,7-8,13-15H2. The minimum Gasteiger partial charge on any atom is -0.489 e. The molecule has 2 unspecified atom stereocenters. The van der Waals surface area contributed by atoms with Crippen LogP contribution in [-0.2, 0) is 11.3 Å². The van der Waals surface area contributed by atoms with Crippen LogP contribution in [0.4, 0.5) is 0 Å². The second-order valence-electron chi connectivity index (χ2n) is 7.49. The topological polar surface area (TPSA) is 51.7 Å². The maximum absolute atomic E-state index is 12.9. The van der Waals surface area contributed by atoms with Crippen LogP contribution in [0.5, 0.6) is 5.75 Å². The van der Waals surface area contributed by atoms with E-state index in [1.807, 2.05) is 65.6 Å². The Morgan fingerprint density at radius 3 is 2.61 bits per heavy atom.